The average Bonchev–Trinajstić information content (AvgIpc) is 2.48. The molecule has 0 atom stereocenters. The van der Waals surface area contributed by atoms with Crippen molar-refractivity contribution in [3.8, 4) is 0 Å². The van der Waals surface area contributed by atoms with E-state index in [1.54, 1.807) is 24.3 Å². The number of piperidine rings is 1. The Balaban J connectivity index is 1.86. The summed E-state index contributed by atoms with van der Waals surface area (Å²) in [4.78, 5) is 2.56. The SMILES string of the molecule is NNc1ccc(S(=O)(=O)NCCN2CCCCC2)cc1. The highest BCUT2D eigenvalue weighted by Gasteiger charge is 2.15. The van der Waals surface area contributed by atoms with Gasteiger partial charge in [0.05, 0.1) is 4.90 Å². The van der Waals surface area contributed by atoms with E-state index in [1.807, 2.05) is 0 Å². The van der Waals surface area contributed by atoms with Gasteiger partial charge in [-0.1, -0.05) is 6.42 Å². The van der Waals surface area contributed by atoms with E-state index in [0.29, 0.717) is 12.2 Å². The number of nitrogens with two attached hydrogens (primary N) is 1. The summed E-state index contributed by atoms with van der Waals surface area (Å²) in [5.41, 5.74) is 3.15. The summed E-state index contributed by atoms with van der Waals surface area (Å²) in [5, 5.41) is 0. The van der Waals surface area contributed by atoms with Crippen molar-refractivity contribution < 1.29 is 8.42 Å². The summed E-state index contributed by atoms with van der Waals surface area (Å²) in [6.45, 7) is 3.35. The normalized spacial score (nSPS) is 17.1. The maximum Gasteiger partial charge on any atom is 0.240 e. The molecule has 0 spiro atoms. The lowest BCUT2D eigenvalue weighted by Gasteiger charge is -2.26. The molecule has 7 heteroatoms. The third kappa shape index (κ3) is 4.17. The predicted molar refractivity (Wildman–Crippen MR) is 79.7 cm³/mol. The van der Waals surface area contributed by atoms with Gasteiger partial charge in [0, 0.05) is 18.8 Å². The summed E-state index contributed by atoms with van der Waals surface area (Å²) in [7, 11) is -3.43. The summed E-state index contributed by atoms with van der Waals surface area (Å²) in [6, 6.07) is 6.36. The van der Waals surface area contributed by atoms with Crippen LogP contribution in [0, 0.1) is 0 Å². The first-order chi connectivity index (χ1) is 9.62. The van der Waals surface area contributed by atoms with E-state index in [0.717, 1.165) is 19.6 Å². The fraction of sp³-hybridized carbons (Fsp3) is 0.538. The van der Waals surface area contributed by atoms with Crippen molar-refractivity contribution >= 4 is 15.7 Å². The van der Waals surface area contributed by atoms with Crippen LogP contribution in [0.1, 0.15) is 19.3 Å². The maximum atomic E-state index is 12.1. The van der Waals surface area contributed by atoms with Gasteiger partial charge < -0.3 is 10.3 Å². The summed E-state index contributed by atoms with van der Waals surface area (Å²) in [5.74, 6) is 5.25. The number of hydrogen-bond donors (Lipinski definition) is 3. The molecule has 6 nitrogen and oxygen atoms in total. The van der Waals surface area contributed by atoms with Crippen LogP contribution in [0.15, 0.2) is 29.2 Å². The molecule has 0 radical (unpaired) electrons. The first-order valence-electron chi connectivity index (χ1n) is 6.90. The highest BCUT2D eigenvalue weighted by Crippen LogP contribution is 2.13. The number of nitrogens with zero attached hydrogens (tertiary/aromatic N) is 1. The molecule has 1 aromatic rings. The van der Waals surface area contributed by atoms with Gasteiger partial charge >= 0.3 is 0 Å². The van der Waals surface area contributed by atoms with E-state index in [4.69, 9.17) is 5.84 Å². The third-order valence-corrected chi connectivity index (χ3v) is 4.98. The molecule has 1 heterocycles. The quantitative estimate of drug-likeness (QED) is 0.532. The minimum atomic E-state index is -3.43. The monoisotopic (exact) mass is 298 g/mol. The molecule has 0 unspecified atom stereocenters. The van der Waals surface area contributed by atoms with Crippen molar-refractivity contribution in [2.75, 3.05) is 31.6 Å². The molecule has 1 saturated heterocycles. The molecule has 0 aromatic heterocycles. The molecular formula is C13H22N4O2S. The molecule has 0 saturated carbocycles. The van der Waals surface area contributed by atoms with Crippen LogP contribution in [0.4, 0.5) is 5.69 Å². The van der Waals surface area contributed by atoms with Crippen LogP contribution < -0.4 is 16.0 Å². The van der Waals surface area contributed by atoms with Crippen LogP contribution in [0.5, 0.6) is 0 Å². The van der Waals surface area contributed by atoms with Crippen LogP contribution in [-0.2, 0) is 10.0 Å². The smallest absolute Gasteiger partial charge is 0.240 e. The van der Waals surface area contributed by atoms with Gasteiger partial charge in [-0.25, -0.2) is 13.1 Å². The van der Waals surface area contributed by atoms with E-state index >= 15 is 0 Å². The molecule has 2 rings (SSSR count). The van der Waals surface area contributed by atoms with Gasteiger partial charge in [0.2, 0.25) is 10.0 Å². The minimum Gasteiger partial charge on any atom is -0.324 e. The van der Waals surface area contributed by atoms with Crippen LogP contribution in [0.25, 0.3) is 0 Å². The zero-order chi connectivity index (χ0) is 14.4. The van der Waals surface area contributed by atoms with Crippen LogP contribution in [0.3, 0.4) is 0 Å². The lowest BCUT2D eigenvalue weighted by molar-refractivity contribution is 0.233. The molecule has 0 aliphatic carbocycles. The Morgan fingerprint density at radius 3 is 2.35 bits per heavy atom. The van der Waals surface area contributed by atoms with Gasteiger partial charge in [0.1, 0.15) is 0 Å². The molecule has 1 fully saturated rings. The number of hydrazine groups is 1. The molecule has 20 heavy (non-hydrogen) atoms. The predicted octanol–water partition coefficient (Wildman–Crippen LogP) is 0.736. The highest BCUT2D eigenvalue weighted by atomic mass is 32.2. The number of benzene rings is 1. The maximum absolute atomic E-state index is 12.1. The van der Waals surface area contributed by atoms with Gasteiger partial charge in [0.25, 0.3) is 0 Å². The van der Waals surface area contributed by atoms with E-state index in [9.17, 15) is 8.42 Å². The van der Waals surface area contributed by atoms with Crippen molar-refractivity contribution in [1.29, 1.82) is 0 Å². The molecule has 0 bridgehead atoms. The van der Waals surface area contributed by atoms with Crippen molar-refractivity contribution in [1.82, 2.24) is 9.62 Å². The summed E-state index contributed by atoms with van der Waals surface area (Å²) in [6.07, 6.45) is 3.70. The first-order valence-corrected chi connectivity index (χ1v) is 8.39. The molecule has 1 aromatic carbocycles. The van der Waals surface area contributed by atoms with Crippen molar-refractivity contribution in [3.63, 3.8) is 0 Å². The zero-order valence-electron chi connectivity index (χ0n) is 11.5. The number of nitrogens with one attached hydrogen (secondary N) is 2. The summed E-state index contributed by atoms with van der Waals surface area (Å²) >= 11 is 0. The molecule has 1 aliphatic rings. The van der Waals surface area contributed by atoms with Crippen molar-refractivity contribution in [3.05, 3.63) is 24.3 Å². The Labute approximate surface area is 120 Å². The number of likely N-dealkylation sites (tertiary alicyclic amines) is 1. The topological polar surface area (TPSA) is 87.5 Å². The van der Waals surface area contributed by atoms with E-state index in [1.165, 1.54) is 19.3 Å². The highest BCUT2D eigenvalue weighted by molar-refractivity contribution is 7.89. The fourth-order valence-electron chi connectivity index (χ4n) is 2.33. The number of rotatable bonds is 6. The number of sulfonamides is 1. The van der Waals surface area contributed by atoms with Crippen LogP contribution in [0.2, 0.25) is 0 Å². The lowest BCUT2D eigenvalue weighted by Crippen LogP contribution is -2.37. The molecule has 112 valence electrons. The molecule has 4 N–H and O–H groups in total. The minimum absolute atomic E-state index is 0.259. The second-order valence-corrected chi connectivity index (χ2v) is 6.74. The van der Waals surface area contributed by atoms with Gasteiger partial charge in [-0.2, -0.15) is 0 Å². The first kappa shape index (κ1) is 15.2. The number of nitrogen functional groups attached to an aromatic ring is 1. The van der Waals surface area contributed by atoms with E-state index < -0.39 is 10.0 Å². The second-order valence-electron chi connectivity index (χ2n) is 4.97. The number of hydrogen-bond acceptors (Lipinski definition) is 5. The van der Waals surface area contributed by atoms with E-state index in [2.05, 4.69) is 15.0 Å². The molecule has 1 aliphatic heterocycles. The average molecular weight is 298 g/mol. The Hall–Kier alpha value is -1.15. The standard InChI is InChI=1S/C13H22N4O2S/c14-16-12-4-6-13(7-5-12)20(18,19)15-8-11-17-9-2-1-3-10-17/h4-7,15-16H,1-3,8-11,14H2. The van der Waals surface area contributed by atoms with Crippen molar-refractivity contribution in [2.24, 2.45) is 5.84 Å². The van der Waals surface area contributed by atoms with Gasteiger partial charge in [-0.3, -0.25) is 5.84 Å². The molecular weight excluding hydrogens is 276 g/mol. The second kappa shape index (κ2) is 7.03. The van der Waals surface area contributed by atoms with Gasteiger partial charge in [-0.05, 0) is 50.2 Å². The Morgan fingerprint density at radius 2 is 1.75 bits per heavy atom. The Morgan fingerprint density at radius 1 is 1.10 bits per heavy atom. The number of anilines is 1. The van der Waals surface area contributed by atoms with Crippen LogP contribution in [-0.4, -0.2) is 39.5 Å². The zero-order valence-corrected chi connectivity index (χ0v) is 12.3. The van der Waals surface area contributed by atoms with Crippen molar-refractivity contribution in [2.45, 2.75) is 24.2 Å². The fourth-order valence-corrected chi connectivity index (χ4v) is 3.36. The Bertz CT molecular complexity index is 510. The third-order valence-electron chi connectivity index (χ3n) is 3.50. The largest absolute Gasteiger partial charge is 0.324 e. The lowest BCUT2D eigenvalue weighted by atomic mass is 10.1. The van der Waals surface area contributed by atoms with E-state index in [-0.39, 0.29) is 4.90 Å². The van der Waals surface area contributed by atoms with Gasteiger partial charge in [-0.15, -0.1) is 0 Å². The molecule has 0 amide bonds. The van der Waals surface area contributed by atoms with Gasteiger partial charge in [0.15, 0.2) is 0 Å². The van der Waals surface area contributed by atoms with Crippen LogP contribution >= 0.6 is 0 Å². The Kier molecular flexibility index (Phi) is 5.36. The summed E-state index contributed by atoms with van der Waals surface area (Å²) < 4.78 is 26.8.